The van der Waals surface area contributed by atoms with Crippen LogP contribution in [0, 0.1) is 12.7 Å². The molecule has 0 aliphatic heterocycles. The zero-order valence-corrected chi connectivity index (χ0v) is 13.5. The summed E-state index contributed by atoms with van der Waals surface area (Å²) in [6, 6.07) is 13.5. The van der Waals surface area contributed by atoms with Crippen LogP contribution in [0.3, 0.4) is 0 Å². The maximum atomic E-state index is 13.9. The number of carboxylic acids is 1. The van der Waals surface area contributed by atoms with Crippen LogP contribution in [0.1, 0.15) is 34.3 Å². The van der Waals surface area contributed by atoms with Gasteiger partial charge in [-0.1, -0.05) is 36.4 Å². The van der Waals surface area contributed by atoms with Crippen LogP contribution in [-0.4, -0.2) is 23.0 Å². The number of halogens is 1. The van der Waals surface area contributed by atoms with Crippen LogP contribution >= 0.6 is 0 Å². The molecule has 1 unspecified atom stereocenters. The van der Waals surface area contributed by atoms with Gasteiger partial charge in [0.15, 0.2) is 0 Å². The summed E-state index contributed by atoms with van der Waals surface area (Å²) < 4.78 is 13.9. The summed E-state index contributed by atoms with van der Waals surface area (Å²) in [5.74, 6) is -2.04. The van der Waals surface area contributed by atoms with Crippen LogP contribution in [0.5, 0.6) is 0 Å². The summed E-state index contributed by atoms with van der Waals surface area (Å²) in [5.41, 5.74) is 1.68. The molecule has 2 aromatic rings. The van der Waals surface area contributed by atoms with E-state index in [1.54, 1.807) is 13.0 Å². The average Bonchev–Trinajstić information content (AvgIpc) is 2.53. The van der Waals surface area contributed by atoms with E-state index in [1.165, 1.54) is 12.1 Å². The SMILES string of the molecule is Cc1ccc(C(=O)NC(CCC(=O)O)Cc2ccccc2)c(F)c1. The Kier molecular flexibility index (Phi) is 6.07. The first-order chi connectivity index (χ1) is 11.5. The van der Waals surface area contributed by atoms with E-state index >= 15 is 0 Å². The van der Waals surface area contributed by atoms with Crippen molar-refractivity contribution in [1.29, 1.82) is 0 Å². The molecule has 0 aromatic heterocycles. The second-order valence-electron chi connectivity index (χ2n) is 5.78. The van der Waals surface area contributed by atoms with Gasteiger partial charge in [-0.05, 0) is 43.0 Å². The van der Waals surface area contributed by atoms with Crippen LogP contribution in [0.4, 0.5) is 4.39 Å². The highest BCUT2D eigenvalue weighted by molar-refractivity contribution is 5.94. The minimum atomic E-state index is -0.927. The number of amides is 1. The average molecular weight is 329 g/mol. The topological polar surface area (TPSA) is 66.4 Å². The molecule has 0 aliphatic rings. The lowest BCUT2D eigenvalue weighted by Gasteiger charge is -2.18. The van der Waals surface area contributed by atoms with E-state index in [1.807, 2.05) is 30.3 Å². The van der Waals surface area contributed by atoms with Gasteiger partial charge >= 0.3 is 5.97 Å². The number of hydrogen-bond acceptors (Lipinski definition) is 2. The molecule has 4 nitrogen and oxygen atoms in total. The van der Waals surface area contributed by atoms with E-state index in [0.29, 0.717) is 6.42 Å². The van der Waals surface area contributed by atoms with Crippen molar-refractivity contribution in [2.45, 2.75) is 32.2 Å². The molecule has 1 atom stereocenters. The number of aryl methyl sites for hydroxylation is 1. The van der Waals surface area contributed by atoms with Gasteiger partial charge in [0.05, 0.1) is 5.56 Å². The molecule has 2 rings (SSSR count). The Morgan fingerprint density at radius 2 is 1.88 bits per heavy atom. The Balaban J connectivity index is 2.11. The maximum Gasteiger partial charge on any atom is 0.303 e. The summed E-state index contributed by atoms with van der Waals surface area (Å²) in [5, 5.41) is 11.6. The smallest absolute Gasteiger partial charge is 0.303 e. The maximum absolute atomic E-state index is 13.9. The second-order valence-corrected chi connectivity index (χ2v) is 5.78. The van der Waals surface area contributed by atoms with Gasteiger partial charge in [-0.3, -0.25) is 9.59 Å². The predicted octanol–water partition coefficient (Wildman–Crippen LogP) is 3.34. The van der Waals surface area contributed by atoms with E-state index < -0.39 is 17.7 Å². The van der Waals surface area contributed by atoms with Crippen LogP contribution < -0.4 is 5.32 Å². The highest BCUT2D eigenvalue weighted by Crippen LogP contribution is 2.12. The van der Waals surface area contributed by atoms with E-state index in [4.69, 9.17) is 5.11 Å². The molecule has 24 heavy (non-hydrogen) atoms. The molecule has 0 saturated carbocycles. The van der Waals surface area contributed by atoms with E-state index in [-0.39, 0.29) is 24.4 Å². The first-order valence-electron chi connectivity index (χ1n) is 7.78. The number of rotatable bonds is 7. The Labute approximate surface area is 140 Å². The third kappa shape index (κ3) is 5.19. The summed E-state index contributed by atoms with van der Waals surface area (Å²) in [4.78, 5) is 23.2. The Morgan fingerprint density at radius 1 is 1.17 bits per heavy atom. The summed E-state index contributed by atoms with van der Waals surface area (Å²) >= 11 is 0. The molecule has 0 radical (unpaired) electrons. The van der Waals surface area contributed by atoms with Gasteiger partial charge in [-0.25, -0.2) is 4.39 Å². The zero-order chi connectivity index (χ0) is 17.5. The molecule has 0 bridgehead atoms. The fourth-order valence-electron chi connectivity index (χ4n) is 2.49. The van der Waals surface area contributed by atoms with E-state index in [9.17, 15) is 14.0 Å². The number of carboxylic acid groups (broad SMARTS) is 1. The van der Waals surface area contributed by atoms with Gasteiger partial charge in [0.1, 0.15) is 5.82 Å². The first-order valence-corrected chi connectivity index (χ1v) is 7.78. The molecule has 0 fully saturated rings. The van der Waals surface area contributed by atoms with E-state index in [0.717, 1.165) is 11.1 Å². The molecule has 1 amide bonds. The molecular weight excluding hydrogens is 309 g/mol. The fraction of sp³-hybridized carbons (Fsp3) is 0.263. The minimum absolute atomic E-state index is 0.0333. The molecule has 0 aliphatic carbocycles. The van der Waals surface area contributed by atoms with Crippen molar-refractivity contribution in [3.05, 3.63) is 71.0 Å². The zero-order valence-electron chi connectivity index (χ0n) is 13.5. The Morgan fingerprint density at radius 3 is 2.50 bits per heavy atom. The van der Waals surface area contributed by atoms with Gasteiger partial charge < -0.3 is 10.4 Å². The van der Waals surface area contributed by atoms with Crippen molar-refractivity contribution < 1.29 is 19.1 Å². The third-order valence-electron chi connectivity index (χ3n) is 3.74. The predicted molar refractivity (Wildman–Crippen MR) is 89.4 cm³/mol. The number of benzene rings is 2. The number of carbonyl (C=O) groups excluding carboxylic acids is 1. The van der Waals surface area contributed by atoms with Crippen LogP contribution in [0.25, 0.3) is 0 Å². The molecule has 2 N–H and O–H groups in total. The highest BCUT2D eigenvalue weighted by atomic mass is 19.1. The molecular formula is C19H20FNO3. The second kappa shape index (κ2) is 8.24. The number of hydrogen-bond donors (Lipinski definition) is 2. The van der Waals surface area contributed by atoms with Crippen LogP contribution in [-0.2, 0) is 11.2 Å². The van der Waals surface area contributed by atoms with Crippen molar-refractivity contribution >= 4 is 11.9 Å². The van der Waals surface area contributed by atoms with Crippen molar-refractivity contribution in [3.63, 3.8) is 0 Å². The molecule has 126 valence electrons. The summed E-state index contributed by atoms with van der Waals surface area (Å²) in [6.07, 6.45) is 0.713. The monoisotopic (exact) mass is 329 g/mol. The molecule has 2 aromatic carbocycles. The van der Waals surface area contributed by atoms with Crippen LogP contribution in [0.15, 0.2) is 48.5 Å². The fourth-order valence-corrected chi connectivity index (χ4v) is 2.49. The largest absolute Gasteiger partial charge is 0.481 e. The molecule has 0 spiro atoms. The van der Waals surface area contributed by atoms with Crippen molar-refractivity contribution in [1.82, 2.24) is 5.32 Å². The lowest BCUT2D eigenvalue weighted by Crippen LogP contribution is -2.37. The number of nitrogens with one attached hydrogen (secondary N) is 1. The molecule has 0 heterocycles. The van der Waals surface area contributed by atoms with Crippen molar-refractivity contribution in [2.75, 3.05) is 0 Å². The van der Waals surface area contributed by atoms with Gasteiger partial charge in [0.25, 0.3) is 5.91 Å². The third-order valence-corrected chi connectivity index (χ3v) is 3.74. The normalized spacial score (nSPS) is 11.8. The van der Waals surface area contributed by atoms with Crippen molar-refractivity contribution in [2.24, 2.45) is 0 Å². The van der Waals surface area contributed by atoms with Gasteiger partial charge in [0, 0.05) is 12.5 Å². The Bertz CT molecular complexity index is 716. The molecule has 5 heteroatoms. The number of carbonyl (C=O) groups is 2. The van der Waals surface area contributed by atoms with Gasteiger partial charge in [-0.15, -0.1) is 0 Å². The lowest BCUT2D eigenvalue weighted by atomic mass is 10.0. The van der Waals surface area contributed by atoms with Gasteiger partial charge in [0.2, 0.25) is 0 Å². The standard InChI is InChI=1S/C19H20FNO3/c1-13-7-9-16(17(20)11-13)19(24)21-15(8-10-18(22)23)12-14-5-3-2-4-6-14/h2-7,9,11,15H,8,10,12H2,1H3,(H,21,24)(H,22,23). The highest BCUT2D eigenvalue weighted by Gasteiger charge is 2.18. The summed E-state index contributed by atoms with van der Waals surface area (Å²) in [6.45, 7) is 1.75. The minimum Gasteiger partial charge on any atom is -0.481 e. The first kappa shape index (κ1) is 17.7. The lowest BCUT2D eigenvalue weighted by molar-refractivity contribution is -0.137. The Hall–Kier alpha value is -2.69. The van der Waals surface area contributed by atoms with Crippen molar-refractivity contribution in [3.8, 4) is 0 Å². The van der Waals surface area contributed by atoms with E-state index in [2.05, 4.69) is 5.32 Å². The number of aliphatic carboxylic acids is 1. The molecule has 0 saturated heterocycles. The quantitative estimate of drug-likeness (QED) is 0.819. The van der Waals surface area contributed by atoms with Crippen LogP contribution in [0.2, 0.25) is 0 Å². The summed E-state index contributed by atoms with van der Waals surface area (Å²) in [7, 11) is 0. The van der Waals surface area contributed by atoms with Gasteiger partial charge in [-0.2, -0.15) is 0 Å².